The molecule has 2 rings (SSSR count). The van der Waals surface area contributed by atoms with Gasteiger partial charge in [-0.3, -0.25) is 4.79 Å². The molecule has 0 spiro atoms. The fourth-order valence-electron chi connectivity index (χ4n) is 2.52. The van der Waals surface area contributed by atoms with Crippen molar-refractivity contribution in [2.45, 2.75) is 12.8 Å². The molecule has 0 saturated heterocycles. The number of nitrogens with two attached hydrogens (primary N) is 1. The van der Waals surface area contributed by atoms with Gasteiger partial charge in [-0.05, 0) is 30.2 Å². The molecule has 0 saturated carbocycles. The van der Waals surface area contributed by atoms with Gasteiger partial charge in [0.1, 0.15) is 0 Å². The zero-order valence-corrected chi connectivity index (χ0v) is 15.0. The van der Waals surface area contributed by atoms with E-state index in [2.05, 4.69) is 5.32 Å². The number of nitrogens with one attached hydrogen (secondary N) is 1. The minimum atomic E-state index is -0.543. The van der Waals surface area contributed by atoms with Gasteiger partial charge in [0, 0.05) is 12.1 Å². The van der Waals surface area contributed by atoms with Crippen molar-refractivity contribution in [1.82, 2.24) is 0 Å². The third-order valence-electron chi connectivity index (χ3n) is 3.85. The standard InChI is InChI=1S/C19H22N2O5/c1-24-16-11-13(19(23)26-3)10-15(18(16)25-2)21-17(22)9-8-12-6-4-5-7-14(12)20/h4-7,10-11H,8-9,20H2,1-3H3,(H,21,22). The van der Waals surface area contributed by atoms with E-state index in [1.54, 1.807) is 6.07 Å². The average Bonchev–Trinajstić information content (AvgIpc) is 2.65. The van der Waals surface area contributed by atoms with Crippen molar-refractivity contribution in [3.05, 3.63) is 47.5 Å². The number of para-hydroxylation sites is 1. The van der Waals surface area contributed by atoms with Gasteiger partial charge in [0.25, 0.3) is 0 Å². The lowest BCUT2D eigenvalue weighted by Crippen LogP contribution is -2.15. The van der Waals surface area contributed by atoms with Gasteiger partial charge in [-0.2, -0.15) is 0 Å². The Kier molecular flexibility index (Phi) is 6.43. The van der Waals surface area contributed by atoms with Crippen LogP contribution in [0.5, 0.6) is 11.5 Å². The monoisotopic (exact) mass is 358 g/mol. The first-order valence-corrected chi connectivity index (χ1v) is 7.97. The van der Waals surface area contributed by atoms with E-state index in [9.17, 15) is 9.59 Å². The van der Waals surface area contributed by atoms with Crippen molar-refractivity contribution in [3.8, 4) is 11.5 Å². The Bertz CT molecular complexity index is 805. The molecule has 0 heterocycles. The Labute approximate surface area is 152 Å². The van der Waals surface area contributed by atoms with E-state index in [4.69, 9.17) is 19.9 Å². The summed E-state index contributed by atoms with van der Waals surface area (Å²) in [6, 6.07) is 10.4. The molecule has 0 aliphatic carbocycles. The summed E-state index contributed by atoms with van der Waals surface area (Å²) < 4.78 is 15.3. The summed E-state index contributed by atoms with van der Waals surface area (Å²) in [6.07, 6.45) is 0.719. The van der Waals surface area contributed by atoms with Crippen LogP contribution < -0.4 is 20.5 Å². The predicted octanol–water partition coefficient (Wildman–Crippen LogP) is 2.64. The van der Waals surface area contributed by atoms with Crippen LogP contribution in [0, 0.1) is 0 Å². The highest BCUT2D eigenvalue weighted by Gasteiger charge is 2.18. The van der Waals surface area contributed by atoms with Crippen molar-refractivity contribution in [1.29, 1.82) is 0 Å². The van der Waals surface area contributed by atoms with E-state index in [1.807, 2.05) is 18.2 Å². The fraction of sp³-hybridized carbons (Fsp3) is 0.263. The number of amides is 1. The van der Waals surface area contributed by atoms with Crippen LogP contribution in [0.15, 0.2) is 36.4 Å². The zero-order chi connectivity index (χ0) is 19.1. The second kappa shape index (κ2) is 8.75. The number of ether oxygens (including phenoxy) is 3. The van der Waals surface area contributed by atoms with E-state index < -0.39 is 5.97 Å². The largest absolute Gasteiger partial charge is 0.493 e. The Morgan fingerprint density at radius 1 is 1.08 bits per heavy atom. The van der Waals surface area contributed by atoms with Crippen molar-refractivity contribution < 1.29 is 23.8 Å². The third kappa shape index (κ3) is 4.44. The third-order valence-corrected chi connectivity index (χ3v) is 3.85. The van der Waals surface area contributed by atoms with Gasteiger partial charge in [-0.1, -0.05) is 18.2 Å². The van der Waals surface area contributed by atoms with Gasteiger partial charge >= 0.3 is 5.97 Å². The Balaban J connectivity index is 2.19. The molecule has 0 bridgehead atoms. The first-order valence-electron chi connectivity index (χ1n) is 7.97. The van der Waals surface area contributed by atoms with E-state index in [0.29, 0.717) is 29.3 Å². The number of benzene rings is 2. The lowest BCUT2D eigenvalue weighted by molar-refractivity contribution is -0.116. The molecule has 138 valence electrons. The molecule has 0 fully saturated rings. The summed E-state index contributed by atoms with van der Waals surface area (Å²) in [4.78, 5) is 24.2. The molecular weight excluding hydrogens is 336 g/mol. The Morgan fingerprint density at radius 3 is 2.42 bits per heavy atom. The lowest BCUT2D eigenvalue weighted by atomic mass is 10.1. The lowest BCUT2D eigenvalue weighted by Gasteiger charge is -2.15. The number of aryl methyl sites for hydroxylation is 1. The number of nitrogen functional groups attached to an aromatic ring is 1. The molecule has 1 amide bonds. The van der Waals surface area contributed by atoms with Gasteiger partial charge in [0.05, 0.1) is 32.6 Å². The summed E-state index contributed by atoms with van der Waals surface area (Å²) in [5.41, 5.74) is 8.01. The summed E-state index contributed by atoms with van der Waals surface area (Å²) in [6.45, 7) is 0. The summed E-state index contributed by atoms with van der Waals surface area (Å²) in [5, 5.41) is 2.75. The van der Waals surface area contributed by atoms with Crippen molar-refractivity contribution >= 4 is 23.3 Å². The molecule has 0 aliphatic heterocycles. The van der Waals surface area contributed by atoms with Crippen LogP contribution in [-0.4, -0.2) is 33.2 Å². The number of methoxy groups -OCH3 is 3. The predicted molar refractivity (Wildman–Crippen MR) is 98.7 cm³/mol. The molecule has 2 aromatic rings. The maximum absolute atomic E-state index is 12.4. The number of rotatable bonds is 7. The second-order valence-electron chi connectivity index (χ2n) is 5.50. The number of anilines is 2. The molecule has 7 nitrogen and oxygen atoms in total. The smallest absolute Gasteiger partial charge is 0.338 e. The van der Waals surface area contributed by atoms with Gasteiger partial charge < -0.3 is 25.3 Å². The highest BCUT2D eigenvalue weighted by Crippen LogP contribution is 2.37. The van der Waals surface area contributed by atoms with Gasteiger partial charge in [0.2, 0.25) is 5.91 Å². The van der Waals surface area contributed by atoms with Crippen LogP contribution in [0.1, 0.15) is 22.3 Å². The molecule has 0 radical (unpaired) electrons. The molecule has 3 N–H and O–H groups in total. The maximum atomic E-state index is 12.4. The van der Waals surface area contributed by atoms with Crippen molar-refractivity contribution in [3.63, 3.8) is 0 Å². The van der Waals surface area contributed by atoms with Crippen LogP contribution in [0.4, 0.5) is 11.4 Å². The zero-order valence-electron chi connectivity index (χ0n) is 15.0. The van der Waals surface area contributed by atoms with Crippen LogP contribution in [0.2, 0.25) is 0 Å². The number of esters is 1. The number of carbonyl (C=O) groups excluding carboxylic acids is 2. The first-order chi connectivity index (χ1) is 12.5. The average molecular weight is 358 g/mol. The SMILES string of the molecule is COC(=O)c1cc(NC(=O)CCc2ccccc2N)c(OC)c(OC)c1. The van der Waals surface area contributed by atoms with Crippen LogP contribution in [-0.2, 0) is 16.0 Å². The first kappa shape index (κ1) is 19.1. The van der Waals surface area contributed by atoms with Crippen LogP contribution >= 0.6 is 0 Å². The Morgan fingerprint density at radius 2 is 1.81 bits per heavy atom. The minimum absolute atomic E-state index is 0.224. The molecule has 0 aromatic heterocycles. The molecule has 0 aliphatic rings. The Hall–Kier alpha value is -3.22. The summed E-state index contributed by atoms with van der Waals surface area (Å²) >= 11 is 0. The highest BCUT2D eigenvalue weighted by atomic mass is 16.5. The van der Waals surface area contributed by atoms with Crippen LogP contribution in [0.3, 0.4) is 0 Å². The van der Waals surface area contributed by atoms with Crippen molar-refractivity contribution in [2.75, 3.05) is 32.4 Å². The van der Waals surface area contributed by atoms with Crippen LogP contribution in [0.25, 0.3) is 0 Å². The van der Waals surface area contributed by atoms with Gasteiger partial charge in [0.15, 0.2) is 11.5 Å². The van der Waals surface area contributed by atoms with Gasteiger partial charge in [-0.15, -0.1) is 0 Å². The molecule has 7 heteroatoms. The van der Waals surface area contributed by atoms with E-state index in [1.165, 1.54) is 33.5 Å². The quantitative estimate of drug-likeness (QED) is 0.583. The van der Waals surface area contributed by atoms with E-state index in [0.717, 1.165) is 5.56 Å². The summed E-state index contributed by atoms with van der Waals surface area (Å²) in [5.74, 6) is -0.139. The molecule has 26 heavy (non-hydrogen) atoms. The number of carbonyl (C=O) groups is 2. The second-order valence-corrected chi connectivity index (χ2v) is 5.50. The number of hydrogen-bond donors (Lipinski definition) is 2. The minimum Gasteiger partial charge on any atom is -0.493 e. The summed E-state index contributed by atoms with van der Waals surface area (Å²) in [7, 11) is 4.18. The van der Waals surface area contributed by atoms with Crippen molar-refractivity contribution in [2.24, 2.45) is 0 Å². The molecule has 0 atom stereocenters. The molecule has 2 aromatic carbocycles. The van der Waals surface area contributed by atoms with E-state index in [-0.39, 0.29) is 17.9 Å². The van der Waals surface area contributed by atoms with Gasteiger partial charge in [-0.25, -0.2) is 4.79 Å². The topological polar surface area (TPSA) is 99.9 Å². The fourth-order valence-corrected chi connectivity index (χ4v) is 2.52. The maximum Gasteiger partial charge on any atom is 0.338 e. The molecular formula is C19H22N2O5. The highest BCUT2D eigenvalue weighted by molar-refractivity contribution is 5.97. The van der Waals surface area contributed by atoms with E-state index >= 15 is 0 Å². The molecule has 0 unspecified atom stereocenters. The number of hydrogen-bond acceptors (Lipinski definition) is 6. The normalized spacial score (nSPS) is 10.1.